The van der Waals surface area contributed by atoms with E-state index in [1.54, 1.807) is 24.3 Å². The summed E-state index contributed by atoms with van der Waals surface area (Å²) in [5.74, 6) is -0.771. The number of rotatable bonds is 9. The van der Waals surface area contributed by atoms with Crippen molar-refractivity contribution in [3.05, 3.63) is 46.8 Å². The van der Waals surface area contributed by atoms with E-state index < -0.39 is 0 Å². The molecule has 0 atom stereocenters. The molecule has 0 unspecified atom stereocenters. The van der Waals surface area contributed by atoms with Crippen molar-refractivity contribution in [2.45, 2.75) is 52.4 Å². The van der Waals surface area contributed by atoms with Gasteiger partial charge in [0.05, 0.1) is 0 Å². The Morgan fingerprint density at radius 1 is 0.880 bits per heavy atom. The molecule has 5 nitrogen and oxygen atoms in total. The van der Waals surface area contributed by atoms with Crippen LogP contribution < -0.4 is 10.6 Å². The van der Waals surface area contributed by atoms with E-state index in [0.717, 1.165) is 32.1 Å². The zero-order valence-electron chi connectivity index (χ0n) is 15.0. The molecule has 0 spiro atoms. The van der Waals surface area contributed by atoms with Gasteiger partial charge < -0.3 is 10.6 Å². The summed E-state index contributed by atoms with van der Waals surface area (Å²) in [5, 5.41) is 5.74. The first-order valence-corrected chi connectivity index (χ1v) is 9.06. The Morgan fingerprint density at radius 3 is 2.08 bits per heavy atom. The monoisotopic (exact) mass is 342 g/mol. The molecule has 0 radical (unpaired) electrons. The van der Waals surface area contributed by atoms with E-state index in [1.165, 1.54) is 0 Å². The average Bonchev–Trinajstić information content (AvgIpc) is 2.62. The molecule has 0 aromatic heterocycles. The van der Waals surface area contributed by atoms with Crippen molar-refractivity contribution >= 4 is 17.5 Å². The van der Waals surface area contributed by atoms with Gasteiger partial charge in [0.1, 0.15) is 11.4 Å². The van der Waals surface area contributed by atoms with Gasteiger partial charge in [-0.15, -0.1) is 0 Å². The van der Waals surface area contributed by atoms with Gasteiger partial charge in [0.15, 0.2) is 0 Å². The summed E-state index contributed by atoms with van der Waals surface area (Å²) in [6, 6.07) is 6.74. The van der Waals surface area contributed by atoms with Crippen LogP contribution in [0.3, 0.4) is 0 Å². The molecule has 1 aliphatic carbocycles. The third-order valence-corrected chi connectivity index (χ3v) is 4.22. The lowest BCUT2D eigenvalue weighted by Crippen LogP contribution is -2.38. The van der Waals surface area contributed by atoms with Gasteiger partial charge in [0.2, 0.25) is 17.5 Å². The molecule has 0 aliphatic heterocycles. The molecule has 0 saturated carbocycles. The van der Waals surface area contributed by atoms with Gasteiger partial charge in [-0.05, 0) is 12.8 Å². The summed E-state index contributed by atoms with van der Waals surface area (Å²) in [7, 11) is 0. The van der Waals surface area contributed by atoms with Crippen molar-refractivity contribution in [2.75, 3.05) is 6.54 Å². The van der Waals surface area contributed by atoms with Crippen LogP contribution in [0.4, 0.5) is 0 Å². The Balaban J connectivity index is 2.27. The third-order valence-electron chi connectivity index (χ3n) is 4.22. The molecule has 0 heterocycles. The number of carbonyl (C=O) groups is 3. The Hall–Kier alpha value is -2.43. The van der Waals surface area contributed by atoms with E-state index in [2.05, 4.69) is 24.5 Å². The minimum Gasteiger partial charge on any atom is -0.380 e. The third kappa shape index (κ3) is 4.56. The van der Waals surface area contributed by atoms with E-state index in [-0.39, 0.29) is 28.9 Å². The number of nitrogens with one attached hydrogen (secondary N) is 2. The first-order valence-electron chi connectivity index (χ1n) is 9.06. The highest BCUT2D eigenvalue weighted by atomic mass is 16.2. The van der Waals surface area contributed by atoms with Crippen molar-refractivity contribution in [1.82, 2.24) is 10.6 Å². The molecule has 0 bridgehead atoms. The van der Waals surface area contributed by atoms with Crippen LogP contribution in [-0.2, 0) is 4.79 Å². The van der Waals surface area contributed by atoms with Gasteiger partial charge in [0, 0.05) is 24.1 Å². The first kappa shape index (κ1) is 18.9. The van der Waals surface area contributed by atoms with Crippen molar-refractivity contribution in [3.8, 4) is 0 Å². The van der Waals surface area contributed by atoms with Crippen LogP contribution in [0.5, 0.6) is 0 Å². The fourth-order valence-corrected chi connectivity index (χ4v) is 2.79. The lowest BCUT2D eigenvalue weighted by Gasteiger charge is -2.22. The number of ketones is 2. The number of unbranched alkanes of at least 4 members (excludes halogenated alkanes) is 3. The van der Waals surface area contributed by atoms with Gasteiger partial charge in [-0.25, -0.2) is 0 Å². The first-order chi connectivity index (χ1) is 12.1. The van der Waals surface area contributed by atoms with Crippen molar-refractivity contribution in [1.29, 1.82) is 0 Å². The number of benzene rings is 1. The molecule has 2 rings (SSSR count). The van der Waals surface area contributed by atoms with Crippen LogP contribution in [-0.4, -0.2) is 24.0 Å². The van der Waals surface area contributed by atoms with Gasteiger partial charge >= 0.3 is 0 Å². The molecule has 5 heteroatoms. The SMILES string of the molecule is CCCCCC(=O)NC1=C(NCCCC)C(=O)c2ccccc2C1=O. The zero-order valence-corrected chi connectivity index (χ0v) is 15.0. The summed E-state index contributed by atoms with van der Waals surface area (Å²) >= 11 is 0. The molecule has 134 valence electrons. The summed E-state index contributed by atoms with van der Waals surface area (Å²) in [4.78, 5) is 37.8. The molecule has 1 aromatic rings. The number of Topliss-reactive ketones (excluding diaryl/α,β-unsaturated/α-hetero) is 2. The molecule has 2 N–H and O–H groups in total. The van der Waals surface area contributed by atoms with E-state index in [4.69, 9.17) is 0 Å². The highest BCUT2D eigenvalue weighted by molar-refractivity contribution is 6.27. The highest BCUT2D eigenvalue weighted by Crippen LogP contribution is 2.24. The molecular weight excluding hydrogens is 316 g/mol. The molecule has 0 fully saturated rings. The van der Waals surface area contributed by atoms with E-state index in [0.29, 0.717) is 24.1 Å². The smallest absolute Gasteiger partial charge is 0.224 e. The molecule has 1 amide bonds. The van der Waals surface area contributed by atoms with E-state index in [1.807, 2.05) is 0 Å². The second-order valence-corrected chi connectivity index (χ2v) is 6.24. The van der Waals surface area contributed by atoms with Crippen molar-refractivity contribution in [2.24, 2.45) is 0 Å². The maximum absolute atomic E-state index is 12.8. The number of allylic oxidation sites excluding steroid dienone is 2. The second-order valence-electron chi connectivity index (χ2n) is 6.24. The van der Waals surface area contributed by atoms with Crippen molar-refractivity contribution in [3.63, 3.8) is 0 Å². The van der Waals surface area contributed by atoms with Gasteiger partial charge in [-0.3, -0.25) is 14.4 Å². The van der Waals surface area contributed by atoms with Crippen molar-refractivity contribution < 1.29 is 14.4 Å². The largest absolute Gasteiger partial charge is 0.380 e. The quantitative estimate of drug-likeness (QED) is 0.675. The molecular formula is C20H26N2O3. The molecule has 1 aromatic carbocycles. The van der Waals surface area contributed by atoms with Crippen LogP contribution in [0, 0.1) is 0 Å². The molecule has 25 heavy (non-hydrogen) atoms. The summed E-state index contributed by atoms with van der Waals surface area (Å²) in [6.45, 7) is 4.70. The Morgan fingerprint density at radius 2 is 1.48 bits per heavy atom. The number of hydrogen-bond donors (Lipinski definition) is 2. The molecule has 1 aliphatic rings. The lowest BCUT2D eigenvalue weighted by atomic mass is 9.90. The van der Waals surface area contributed by atoms with Gasteiger partial charge in [-0.1, -0.05) is 57.4 Å². The van der Waals surface area contributed by atoms with E-state index in [9.17, 15) is 14.4 Å². The lowest BCUT2D eigenvalue weighted by molar-refractivity contribution is -0.120. The fraction of sp³-hybridized carbons (Fsp3) is 0.450. The van der Waals surface area contributed by atoms with Crippen LogP contribution in [0.25, 0.3) is 0 Å². The normalized spacial score (nSPS) is 13.7. The standard InChI is InChI=1S/C20H26N2O3/c1-3-5-7-12-16(23)22-18-17(21-13-6-4-2)19(24)14-10-8-9-11-15(14)20(18)25/h8-11,21H,3-7,12-13H2,1-2H3,(H,22,23). The second kappa shape index (κ2) is 9.16. The van der Waals surface area contributed by atoms with Gasteiger partial charge in [0.25, 0.3) is 0 Å². The summed E-state index contributed by atoms with van der Waals surface area (Å²) in [5.41, 5.74) is 1.02. The predicted molar refractivity (Wildman–Crippen MR) is 97.3 cm³/mol. The minimum atomic E-state index is -0.307. The number of amides is 1. The number of fused-ring (bicyclic) bond motifs is 1. The average molecular weight is 342 g/mol. The van der Waals surface area contributed by atoms with Crippen LogP contribution in [0.1, 0.15) is 73.1 Å². The maximum atomic E-state index is 12.8. The Bertz CT molecular complexity index is 692. The number of hydrogen-bond acceptors (Lipinski definition) is 4. The van der Waals surface area contributed by atoms with Gasteiger partial charge in [-0.2, -0.15) is 0 Å². The highest BCUT2D eigenvalue weighted by Gasteiger charge is 2.32. The van der Waals surface area contributed by atoms with Crippen LogP contribution in [0.2, 0.25) is 0 Å². The number of carbonyl (C=O) groups excluding carboxylic acids is 3. The summed E-state index contributed by atoms with van der Waals surface area (Å²) < 4.78 is 0. The maximum Gasteiger partial charge on any atom is 0.224 e. The fourth-order valence-electron chi connectivity index (χ4n) is 2.79. The zero-order chi connectivity index (χ0) is 18.2. The topological polar surface area (TPSA) is 75.3 Å². The summed E-state index contributed by atoms with van der Waals surface area (Å²) in [6.07, 6.45) is 4.95. The Labute approximate surface area is 148 Å². The predicted octanol–water partition coefficient (Wildman–Crippen LogP) is 3.36. The molecule has 0 saturated heterocycles. The van der Waals surface area contributed by atoms with Crippen LogP contribution in [0.15, 0.2) is 35.7 Å². The Kier molecular flexibility index (Phi) is 6.92. The van der Waals surface area contributed by atoms with E-state index >= 15 is 0 Å². The van der Waals surface area contributed by atoms with Crippen LogP contribution >= 0.6 is 0 Å². The minimum absolute atomic E-state index is 0.0845.